The van der Waals surface area contributed by atoms with Crippen LogP contribution in [-0.2, 0) is 0 Å². The summed E-state index contributed by atoms with van der Waals surface area (Å²) in [5.74, 6) is 0.851. The summed E-state index contributed by atoms with van der Waals surface area (Å²) in [5, 5.41) is 7.42. The molecule has 2 heterocycles. The average molecular weight is 232 g/mol. The van der Waals surface area contributed by atoms with Gasteiger partial charge in [0.15, 0.2) is 0 Å². The van der Waals surface area contributed by atoms with Gasteiger partial charge >= 0.3 is 0 Å². The number of hydrogen-bond acceptors (Lipinski definition) is 3. The fourth-order valence-corrected chi connectivity index (χ4v) is 2.28. The highest BCUT2D eigenvalue weighted by Gasteiger charge is 2.14. The van der Waals surface area contributed by atoms with Crippen molar-refractivity contribution in [1.82, 2.24) is 4.98 Å². The molecule has 0 aliphatic carbocycles. The van der Waals surface area contributed by atoms with Crippen LogP contribution in [0.15, 0.2) is 18.3 Å². The molecule has 3 N–H and O–H groups in total. The van der Waals surface area contributed by atoms with Gasteiger partial charge in [0, 0.05) is 25.0 Å². The highest BCUT2D eigenvalue weighted by atomic mass is 15.1. The summed E-state index contributed by atoms with van der Waals surface area (Å²) >= 11 is 0. The number of nitrogens with one attached hydrogen (secondary N) is 1. The van der Waals surface area contributed by atoms with E-state index in [1.54, 1.807) is 6.20 Å². The van der Waals surface area contributed by atoms with Crippen molar-refractivity contribution in [2.45, 2.75) is 26.2 Å². The topological polar surface area (TPSA) is 66.0 Å². The van der Waals surface area contributed by atoms with Crippen molar-refractivity contribution in [1.29, 1.82) is 5.41 Å². The van der Waals surface area contributed by atoms with Crippen molar-refractivity contribution < 1.29 is 0 Å². The Bertz CT molecular complexity index is 402. The third-order valence-electron chi connectivity index (χ3n) is 3.40. The molecule has 4 nitrogen and oxygen atoms in total. The van der Waals surface area contributed by atoms with E-state index in [0.717, 1.165) is 24.7 Å². The fraction of sp³-hybridized carbons (Fsp3) is 0.538. The Morgan fingerprint density at radius 2 is 2.29 bits per heavy atom. The lowest BCUT2D eigenvalue weighted by Crippen LogP contribution is -2.25. The van der Waals surface area contributed by atoms with E-state index >= 15 is 0 Å². The predicted octanol–water partition coefficient (Wildman–Crippen LogP) is 1.99. The maximum atomic E-state index is 7.42. The van der Waals surface area contributed by atoms with Crippen LogP contribution in [-0.4, -0.2) is 23.9 Å². The van der Waals surface area contributed by atoms with Gasteiger partial charge in [0.25, 0.3) is 0 Å². The van der Waals surface area contributed by atoms with Crippen LogP contribution in [0.1, 0.15) is 31.9 Å². The largest absolute Gasteiger partial charge is 0.382 e. The van der Waals surface area contributed by atoms with E-state index in [1.165, 1.54) is 19.3 Å². The zero-order valence-electron chi connectivity index (χ0n) is 10.3. The second-order valence-corrected chi connectivity index (χ2v) is 4.84. The summed E-state index contributed by atoms with van der Waals surface area (Å²) in [7, 11) is 0. The summed E-state index contributed by atoms with van der Waals surface area (Å²) in [6.07, 6.45) is 5.51. The molecular weight excluding hydrogens is 212 g/mol. The molecule has 0 saturated carbocycles. The first kappa shape index (κ1) is 11.9. The van der Waals surface area contributed by atoms with Crippen LogP contribution in [0.25, 0.3) is 0 Å². The van der Waals surface area contributed by atoms with Gasteiger partial charge in [-0.25, -0.2) is 0 Å². The van der Waals surface area contributed by atoms with Crippen LogP contribution < -0.4 is 10.6 Å². The second-order valence-electron chi connectivity index (χ2n) is 4.84. The van der Waals surface area contributed by atoms with E-state index in [0.29, 0.717) is 5.69 Å². The quantitative estimate of drug-likeness (QED) is 0.605. The van der Waals surface area contributed by atoms with Crippen LogP contribution >= 0.6 is 0 Å². The lowest BCUT2D eigenvalue weighted by Gasteiger charge is -2.23. The van der Waals surface area contributed by atoms with Crippen molar-refractivity contribution in [2.24, 2.45) is 11.7 Å². The molecule has 1 aromatic heterocycles. The standard InChI is InChI=1S/C13H20N4/c1-10-3-2-7-17(8-5-10)11-4-6-16-12(9-11)13(14)15/h4,6,9-10H,2-3,5,7-8H2,1H3,(H3,14,15). The van der Waals surface area contributed by atoms with Gasteiger partial charge in [-0.05, 0) is 37.3 Å². The third kappa shape index (κ3) is 2.96. The van der Waals surface area contributed by atoms with Crippen LogP contribution in [0.5, 0.6) is 0 Å². The van der Waals surface area contributed by atoms with Gasteiger partial charge in [0.2, 0.25) is 0 Å². The summed E-state index contributed by atoms with van der Waals surface area (Å²) in [4.78, 5) is 6.47. The average Bonchev–Trinajstić information content (AvgIpc) is 2.54. The Morgan fingerprint density at radius 3 is 3.06 bits per heavy atom. The summed E-state index contributed by atoms with van der Waals surface area (Å²) in [6, 6.07) is 3.92. The molecule has 2 rings (SSSR count). The minimum absolute atomic E-state index is 0.0371. The summed E-state index contributed by atoms with van der Waals surface area (Å²) in [6.45, 7) is 4.49. The number of nitrogen functional groups attached to an aromatic ring is 1. The van der Waals surface area contributed by atoms with Crippen molar-refractivity contribution in [3.8, 4) is 0 Å². The van der Waals surface area contributed by atoms with Crippen molar-refractivity contribution >= 4 is 11.5 Å². The van der Waals surface area contributed by atoms with Gasteiger partial charge in [-0.3, -0.25) is 10.4 Å². The molecule has 1 aliphatic rings. The van der Waals surface area contributed by atoms with E-state index in [1.807, 2.05) is 12.1 Å². The number of anilines is 1. The minimum Gasteiger partial charge on any atom is -0.382 e. The lowest BCUT2D eigenvalue weighted by atomic mass is 10.0. The van der Waals surface area contributed by atoms with E-state index < -0.39 is 0 Å². The second kappa shape index (κ2) is 5.17. The van der Waals surface area contributed by atoms with Gasteiger partial charge in [0.1, 0.15) is 11.5 Å². The van der Waals surface area contributed by atoms with Gasteiger partial charge < -0.3 is 10.6 Å². The molecule has 1 aliphatic heterocycles. The SMILES string of the molecule is CC1CCCN(c2ccnc(C(=N)N)c2)CC1. The number of hydrogen-bond donors (Lipinski definition) is 2. The number of aromatic nitrogens is 1. The maximum absolute atomic E-state index is 7.42. The molecule has 1 aromatic rings. The van der Waals surface area contributed by atoms with Crippen LogP contribution in [0.2, 0.25) is 0 Å². The predicted molar refractivity (Wildman–Crippen MR) is 70.5 cm³/mol. The highest BCUT2D eigenvalue weighted by molar-refractivity contribution is 5.93. The number of pyridine rings is 1. The minimum atomic E-state index is 0.0371. The molecule has 0 radical (unpaired) electrons. The molecular formula is C13H20N4. The Balaban J connectivity index is 2.15. The molecule has 0 spiro atoms. The zero-order chi connectivity index (χ0) is 12.3. The summed E-state index contributed by atoms with van der Waals surface area (Å²) < 4.78 is 0. The molecule has 92 valence electrons. The summed E-state index contributed by atoms with van der Waals surface area (Å²) in [5.41, 5.74) is 7.17. The molecule has 17 heavy (non-hydrogen) atoms. The van der Waals surface area contributed by atoms with Gasteiger partial charge in [-0.2, -0.15) is 0 Å². The zero-order valence-corrected chi connectivity index (χ0v) is 10.3. The highest BCUT2D eigenvalue weighted by Crippen LogP contribution is 2.22. The molecule has 4 heteroatoms. The van der Waals surface area contributed by atoms with Crippen molar-refractivity contribution in [2.75, 3.05) is 18.0 Å². The van der Waals surface area contributed by atoms with Crippen molar-refractivity contribution in [3.05, 3.63) is 24.0 Å². The first-order chi connectivity index (χ1) is 8.16. The Hall–Kier alpha value is -1.58. The molecule has 1 saturated heterocycles. The number of amidine groups is 1. The van der Waals surface area contributed by atoms with E-state index in [4.69, 9.17) is 11.1 Å². The van der Waals surface area contributed by atoms with Gasteiger partial charge in [-0.1, -0.05) is 6.92 Å². The normalized spacial score (nSPS) is 21.0. The number of nitrogens with two attached hydrogens (primary N) is 1. The first-order valence-electron chi connectivity index (χ1n) is 6.22. The molecule has 0 aromatic carbocycles. The molecule has 1 unspecified atom stereocenters. The monoisotopic (exact) mass is 232 g/mol. The molecule has 1 fully saturated rings. The maximum Gasteiger partial charge on any atom is 0.141 e. The van der Waals surface area contributed by atoms with Crippen LogP contribution in [0, 0.1) is 11.3 Å². The third-order valence-corrected chi connectivity index (χ3v) is 3.40. The van der Waals surface area contributed by atoms with E-state index in [2.05, 4.69) is 16.8 Å². The van der Waals surface area contributed by atoms with Crippen LogP contribution in [0.4, 0.5) is 5.69 Å². The molecule has 0 amide bonds. The van der Waals surface area contributed by atoms with Gasteiger partial charge in [0.05, 0.1) is 0 Å². The Kier molecular flexibility index (Phi) is 3.61. The van der Waals surface area contributed by atoms with Crippen LogP contribution in [0.3, 0.4) is 0 Å². The molecule has 0 bridgehead atoms. The van der Waals surface area contributed by atoms with Gasteiger partial charge in [-0.15, -0.1) is 0 Å². The number of nitrogens with zero attached hydrogens (tertiary/aromatic N) is 2. The Morgan fingerprint density at radius 1 is 1.47 bits per heavy atom. The lowest BCUT2D eigenvalue weighted by molar-refractivity contribution is 0.521. The molecule has 1 atom stereocenters. The van der Waals surface area contributed by atoms with E-state index in [-0.39, 0.29) is 5.84 Å². The first-order valence-corrected chi connectivity index (χ1v) is 6.22. The smallest absolute Gasteiger partial charge is 0.141 e. The van der Waals surface area contributed by atoms with E-state index in [9.17, 15) is 0 Å². The number of rotatable bonds is 2. The fourth-order valence-electron chi connectivity index (χ4n) is 2.28. The van der Waals surface area contributed by atoms with Crippen molar-refractivity contribution in [3.63, 3.8) is 0 Å². The Labute approximate surface area is 102 Å².